The molecule has 0 amide bonds. The van der Waals surface area contributed by atoms with Crippen molar-refractivity contribution < 1.29 is 45.4 Å². The van der Waals surface area contributed by atoms with Crippen molar-refractivity contribution in [1.82, 2.24) is 0 Å². The van der Waals surface area contributed by atoms with Crippen molar-refractivity contribution in [2.45, 2.75) is 25.4 Å². The molecule has 0 heterocycles. The van der Waals surface area contributed by atoms with Gasteiger partial charge in [-0.25, -0.2) is 9.59 Å². The van der Waals surface area contributed by atoms with Gasteiger partial charge in [0.2, 0.25) is 0 Å². The maximum atomic E-state index is 14.2. The lowest BCUT2D eigenvalue weighted by molar-refractivity contribution is -0.130. The molecule has 4 nitrogen and oxygen atoms in total. The van der Waals surface area contributed by atoms with Gasteiger partial charge in [-0.1, -0.05) is 37.4 Å². The van der Waals surface area contributed by atoms with Crippen LogP contribution in [0, 0.1) is 0 Å². The zero-order chi connectivity index (χ0) is 25.2. The fourth-order valence-electron chi connectivity index (χ4n) is 2.92. The Morgan fingerprint density at radius 1 is 0.667 bits per heavy atom. The first-order valence-corrected chi connectivity index (χ1v) is 11.2. The Morgan fingerprint density at radius 2 is 0.939 bits per heavy atom. The number of rotatable bonds is 6. The van der Waals surface area contributed by atoms with Crippen molar-refractivity contribution in [2.75, 3.05) is 0 Å². The first kappa shape index (κ1) is 25.9. The van der Waals surface area contributed by atoms with E-state index in [1.54, 1.807) is 0 Å². The molecule has 0 unspecified atom stereocenters. The minimum Gasteiger partial charge on any atom is -0.423 e. The molecule has 0 N–H and O–H groups in total. The van der Waals surface area contributed by atoms with E-state index in [1.165, 1.54) is 13.8 Å². The van der Waals surface area contributed by atoms with Crippen LogP contribution >= 0.6 is 0 Å². The Bertz CT molecular complexity index is 983. The highest BCUT2D eigenvalue weighted by molar-refractivity contribution is 7.05. The molecule has 0 fully saturated rings. The zero-order valence-electron chi connectivity index (χ0n) is 17.4. The summed E-state index contributed by atoms with van der Waals surface area (Å²) in [7, 11) is -6.44. The monoisotopic (exact) mass is 488 g/mol. The van der Waals surface area contributed by atoms with Crippen LogP contribution in [0.1, 0.15) is 13.8 Å². The van der Waals surface area contributed by atoms with Crippen LogP contribution in [0.3, 0.4) is 0 Å². The van der Waals surface area contributed by atoms with Crippen molar-refractivity contribution in [3.05, 3.63) is 72.8 Å². The number of carbonyl (C=O) groups excluding carboxylic acids is 2. The van der Waals surface area contributed by atoms with Gasteiger partial charge in [0.1, 0.15) is 11.5 Å². The van der Waals surface area contributed by atoms with Crippen molar-refractivity contribution in [1.29, 1.82) is 0 Å². The van der Waals surface area contributed by atoms with Gasteiger partial charge < -0.3 is 9.47 Å². The molecule has 0 aliphatic carbocycles. The predicted octanol–water partition coefficient (Wildman–Crippen LogP) is 4.42. The Hall–Kier alpha value is -3.34. The van der Waals surface area contributed by atoms with Gasteiger partial charge in [-0.15, -0.1) is 0 Å². The number of benzene rings is 2. The second-order valence-electron chi connectivity index (χ2n) is 7.13. The molecular weight excluding hydrogens is 470 g/mol. The van der Waals surface area contributed by atoms with E-state index in [0.717, 1.165) is 24.3 Å². The predicted molar refractivity (Wildman–Crippen MR) is 111 cm³/mol. The fraction of sp³-hybridized carbons (Fsp3) is 0.182. The van der Waals surface area contributed by atoms with Crippen LogP contribution in [0.25, 0.3) is 0 Å². The summed E-state index contributed by atoms with van der Waals surface area (Å²) in [5.74, 6) is -13.6. The molecule has 0 spiro atoms. The molecule has 2 aromatic rings. The van der Waals surface area contributed by atoms with Gasteiger partial charge in [-0.05, 0) is 48.5 Å². The first-order valence-electron chi connectivity index (χ1n) is 9.21. The van der Waals surface area contributed by atoms with Gasteiger partial charge in [0.25, 0.3) is 0 Å². The highest BCUT2D eigenvalue weighted by Crippen LogP contribution is 2.41. The number of halogens is 6. The lowest BCUT2D eigenvalue weighted by Gasteiger charge is -2.35. The average molecular weight is 488 g/mol. The number of alkyl halides is 6. The SMILES string of the molecule is C=C(C)C(=O)Oc1ccc([Si](c2ccc(OC(=O)C(=C)C)cc2)(C(F)(F)F)C(F)(F)F)cc1. The summed E-state index contributed by atoms with van der Waals surface area (Å²) in [6, 6.07) is 6.01. The third-order valence-electron chi connectivity index (χ3n) is 4.54. The van der Waals surface area contributed by atoms with Crippen LogP contribution in [-0.4, -0.2) is 31.6 Å². The summed E-state index contributed by atoms with van der Waals surface area (Å²) >= 11 is 0. The molecule has 11 heteroatoms. The number of hydrogen-bond acceptors (Lipinski definition) is 4. The maximum Gasteiger partial charge on any atom is 0.381 e. The maximum absolute atomic E-state index is 14.2. The molecule has 0 saturated heterocycles. The Balaban J connectivity index is 2.62. The van der Waals surface area contributed by atoms with E-state index in [0.29, 0.717) is 24.3 Å². The van der Waals surface area contributed by atoms with Crippen LogP contribution < -0.4 is 19.8 Å². The molecule has 33 heavy (non-hydrogen) atoms. The summed E-state index contributed by atoms with van der Waals surface area (Å²) < 4.78 is 95.0. The summed E-state index contributed by atoms with van der Waals surface area (Å²) in [5.41, 5.74) is 0.00152. The van der Waals surface area contributed by atoms with Gasteiger partial charge in [-0.2, -0.15) is 26.3 Å². The van der Waals surface area contributed by atoms with E-state index in [1.807, 2.05) is 0 Å². The van der Waals surface area contributed by atoms with Gasteiger partial charge in [-0.3, -0.25) is 0 Å². The molecule has 0 atom stereocenters. The van der Waals surface area contributed by atoms with Gasteiger partial charge in [0.15, 0.2) is 0 Å². The van der Waals surface area contributed by atoms with Crippen LogP contribution in [0.5, 0.6) is 11.5 Å². The van der Waals surface area contributed by atoms with Crippen LogP contribution in [0.2, 0.25) is 0 Å². The highest BCUT2D eigenvalue weighted by atomic mass is 28.3. The van der Waals surface area contributed by atoms with Gasteiger partial charge >= 0.3 is 31.6 Å². The molecule has 0 radical (unpaired) electrons. The van der Waals surface area contributed by atoms with Gasteiger partial charge in [0, 0.05) is 11.1 Å². The van der Waals surface area contributed by atoms with E-state index < -0.39 is 42.0 Å². The molecule has 0 bridgehead atoms. The summed E-state index contributed by atoms with van der Waals surface area (Å²) in [5, 5.41) is -2.02. The Morgan fingerprint density at radius 3 is 1.15 bits per heavy atom. The van der Waals surface area contributed by atoms with E-state index in [-0.39, 0.29) is 22.6 Å². The quantitative estimate of drug-likeness (QED) is 0.199. The molecule has 0 aromatic heterocycles. The number of esters is 2. The second kappa shape index (κ2) is 9.26. The Labute approximate surface area is 186 Å². The van der Waals surface area contributed by atoms with Crippen molar-refractivity contribution >= 4 is 30.4 Å². The number of ether oxygens (including phenoxy) is 2. The minimum absolute atomic E-state index is 0.000759. The fourth-order valence-corrected chi connectivity index (χ4v) is 6.21. The number of carbonyl (C=O) groups is 2. The molecule has 0 saturated carbocycles. The van der Waals surface area contributed by atoms with E-state index in [4.69, 9.17) is 9.47 Å². The van der Waals surface area contributed by atoms with Gasteiger partial charge in [0.05, 0.1) is 0 Å². The minimum atomic E-state index is -6.44. The molecular formula is C22H18F6O4Si. The summed E-state index contributed by atoms with van der Waals surface area (Å²) in [6.45, 7) is 9.36. The van der Waals surface area contributed by atoms with E-state index >= 15 is 0 Å². The molecule has 176 valence electrons. The van der Waals surface area contributed by atoms with Crippen molar-refractivity contribution in [2.24, 2.45) is 0 Å². The summed E-state index contributed by atoms with van der Waals surface area (Å²) in [6.07, 6.45) is 0. The zero-order valence-corrected chi connectivity index (χ0v) is 18.4. The topological polar surface area (TPSA) is 52.6 Å². The normalized spacial score (nSPS) is 12.1. The summed E-state index contributed by atoms with van der Waals surface area (Å²) in [4.78, 5) is 23.1. The molecule has 0 aliphatic rings. The number of hydrogen-bond donors (Lipinski definition) is 0. The smallest absolute Gasteiger partial charge is 0.381 e. The second-order valence-corrected chi connectivity index (χ2v) is 10.9. The largest absolute Gasteiger partial charge is 0.423 e. The van der Waals surface area contributed by atoms with E-state index in [9.17, 15) is 35.9 Å². The lowest BCUT2D eigenvalue weighted by atomic mass is 10.3. The highest BCUT2D eigenvalue weighted by Gasteiger charge is 2.75. The molecule has 0 aliphatic heterocycles. The van der Waals surface area contributed by atoms with Crippen LogP contribution in [-0.2, 0) is 9.59 Å². The van der Waals surface area contributed by atoms with E-state index in [2.05, 4.69) is 13.2 Å². The standard InChI is InChI=1S/C22H18F6O4Si/c1-13(2)19(29)31-15-5-9-17(10-6-15)33(21(23,24)25,22(26,27)28)18-11-7-16(8-12-18)32-20(30)14(3)4/h5-12H,1,3H2,2,4H3. The third kappa shape index (κ3) is 5.19. The van der Waals surface area contributed by atoms with Crippen LogP contribution in [0.4, 0.5) is 26.3 Å². The van der Waals surface area contributed by atoms with Crippen molar-refractivity contribution in [3.8, 4) is 11.5 Å². The first-order chi connectivity index (χ1) is 15.1. The molecule has 2 rings (SSSR count). The molecule has 2 aromatic carbocycles. The van der Waals surface area contributed by atoms with Crippen molar-refractivity contribution in [3.63, 3.8) is 0 Å². The third-order valence-corrected chi connectivity index (χ3v) is 8.64. The Kier molecular flexibility index (Phi) is 7.27. The average Bonchev–Trinajstić information content (AvgIpc) is 2.68. The lowest BCUT2D eigenvalue weighted by Crippen LogP contribution is -2.77. The van der Waals surface area contributed by atoms with Crippen LogP contribution in [0.15, 0.2) is 72.8 Å².